The van der Waals surface area contributed by atoms with Crippen molar-refractivity contribution in [1.82, 2.24) is 14.5 Å². The number of imidazole rings is 1. The molecular formula is C11H20N4. The van der Waals surface area contributed by atoms with Gasteiger partial charge in [-0.05, 0) is 45.8 Å². The Morgan fingerprint density at radius 1 is 1.47 bits per heavy atom. The second kappa shape index (κ2) is 4.23. The van der Waals surface area contributed by atoms with E-state index in [0.29, 0.717) is 5.95 Å². The first-order valence-electron chi connectivity index (χ1n) is 5.63. The number of rotatable bonds is 2. The molecular weight excluding hydrogens is 188 g/mol. The molecule has 1 saturated heterocycles. The zero-order valence-electron chi connectivity index (χ0n) is 9.61. The van der Waals surface area contributed by atoms with Crippen LogP contribution < -0.4 is 5.73 Å². The second-order valence-electron chi connectivity index (χ2n) is 4.64. The Morgan fingerprint density at radius 3 is 2.67 bits per heavy atom. The summed E-state index contributed by atoms with van der Waals surface area (Å²) in [5, 5.41) is 0. The third-order valence-corrected chi connectivity index (χ3v) is 3.22. The molecule has 0 unspecified atom stereocenters. The van der Waals surface area contributed by atoms with Gasteiger partial charge in [-0.15, -0.1) is 0 Å². The van der Waals surface area contributed by atoms with E-state index in [1.54, 1.807) is 0 Å². The molecule has 0 saturated carbocycles. The molecule has 0 atom stereocenters. The highest BCUT2D eigenvalue weighted by Gasteiger charge is 2.17. The minimum absolute atomic E-state index is 0.659. The maximum Gasteiger partial charge on any atom is 0.200 e. The number of hydrogen-bond acceptors (Lipinski definition) is 3. The Morgan fingerprint density at radius 2 is 2.13 bits per heavy atom. The third kappa shape index (κ3) is 2.50. The molecule has 0 spiro atoms. The SMILES string of the molecule is Cc1cn(CC2CCN(C)CC2)c(N)n1. The number of hydrogen-bond donors (Lipinski definition) is 1. The van der Waals surface area contributed by atoms with E-state index in [1.807, 2.05) is 13.1 Å². The molecule has 2 N–H and O–H groups in total. The zero-order chi connectivity index (χ0) is 10.8. The lowest BCUT2D eigenvalue weighted by Crippen LogP contribution is -2.31. The summed E-state index contributed by atoms with van der Waals surface area (Å²) in [5.41, 5.74) is 6.84. The van der Waals surface area contributed by atoms with E-state index in [0.717, 1.165) is 18.2 Å². The highest BCUT2D eigenvalue weighted by Crippen LogP contribution is 2.19. The highest BCUT2D eigenvalue weighted by molar-refractivity contribution is 5.21. The topological polar surface area (TPSA) is 47.1 Å². The summed E-state index contributed by atoms with van der Waals surface area (Å²) in [6.07, 6.45) is 4.59. The van der Waals surface area contributed by atoms with Gasteiger partial charge in [0.25, 0.3) is 0 Å². The van der Waals surface area contributed by atoms with Gasteiger partial charge in [-0.3, -0.25) is 0 Å². The van der Waals surface area contributed by atoms with Crippen LogP contribution in [0.2, 0.25) is 0 Å². The van der Waals surface area contributed by atoms with Crippen molar-refractivity contribution in [3.8, 4) is 0 Å². The predicted molar refractivity (Wildman–Crippen MR) is 61.6 cm³/mol. The first-order valence-corrected chi connectivity index (χ1v) is 5.63. The van der Waals surface area contributed by atoms with E-state index >= 15 is 0 Å². The molecule has 2 rings (SSSR count). The minimum Gasteiger partial charge on any atom is -0.369 e. The van der Waals surface area contributed by atoms with Crippen molar-refractivity contribution >= 4 is 5.95 Å². The van der Waals surface area contributed by atoms with Crippen molar-refractivity contribution < 1.29 is 0 Å². The smallest absolute Gasteiger partial charge is 0.200 e. The first-order chi connectivity index (χ1) is 7.15. The number of nitrogen functional groups attached to an aromatic ring is 1. The number of piperidine rings is 1. The molecule has 1 aliphatic rings. The van der Waals surface area contributed by atoms with Crippen LogP contribution in [0.5, 0.6) is 0 Å². The quantitative estimate of drug-likeness (QED) is 0.792. The van der Waals surface area contributed by atoms with Crippen molar-refractivity contribution in [2.24, 2.45) is 5.92 Å². The summed E-state index contributed by atoms with van der Waals surface area (Å²) in [4.78, 5) is 6.61. The van der Waals surface area contributed by atoms with Crippen LogP contribution >= 0.6 is 0 Å². The maximum atomic E-state index is 5.83. The molecule has 0 amide bonds. The largest absolute Gasteiger partial charge is 0.369 e. The van der Waals surface area contributed by atoms with Gasteiger partial charge in [0.15, 0.2) is 5.95 Å². The van der Waals surface area contributed by atoms with E-state index < -0.39 is 0 Å². The molecule has 1 aromatic heterocycles. The van der Waals surface area contributed by atoms with Gasteiger partial charge in [0.2, 0.25) is 0 Å². The van der Waals surface area contributed by atoms with Gasteiger partial charge < -0.3 is 15.2 Å². The number of anilines is 1. The number of aryl methyl sites for hydroxylation is 1. The van der Waals surface area contributed by atoms with Crippen LogP contribution in [0.1, 0.15) is 18.5 Å². The molecule has 1 aliphatic heterocycles. The number of likely N-dealkylation sites (tertiary alicyclic amines) is 1. The van der Waals surface area contributed by atoms with Crippen LogP contribution in [-0.2, 0) is 6.54 Å². The Balaban J connectivity index is 1.94. The zero-order valence-corrected chi connectivity index (χ0v) is 9.61. The van der Waals surface area contributed by atoms with Crippen LogP contribution in [0.15, 0.2) is 6.20 Å². The lowest BCUT2D eigenvalue weighted by atomic mass is 9.97. The van der Waals surface area contributed by atoms with Gasteiger partial charge in [0.1, 0.15) is 0 Å². The first kappa shape index (κ1) is 10.5. The fraction of sp³-hybridized carbons (Fsp3) is 0.727. The van der Waals surface area contributed by atoms with Crippen LogP contribution in [0, 0.1) is 12.8 Å². The fourth-order valence-corrected chi connectivity index (χ4v) is 2.23. The Bertz CT molecular complexity index is 323. The molecule has 1 fully saturated rings. The number of nitrogens with zero attached hydrogens (tertiary/aromatic N) is 3. The standard InChI is InChI=1S/C11H20N4/c1-9-7-15(11(12)13-9)8-10-3-5-14(2)6-4-10/h7,10H,3-6,8H2,1-2H3,(H2,12,13). The summed E-state index contributed by atoms with van der Waals surface area (Å²) in [6.45, 7) is 5.43. The summed E-state index contributed by atoms with van der Waals surface area (Å²) < 4.78 is 2.09. The number of nitrogens with two attached hydrogens (primary N) is 1. The van der Waals surface area contributed by atoms with Crippen molar-refractivity contribution in [3.05, 3.63) is 11.9 Å². The number of aromatic nitrogens is 2. The summed E-state index contributed by atoms with van der Waals surface area (Å²) in [5.74, 6) is 1.42. The molecule has 0 aliphatic carbocycles. The van der Waals surface area contributed by atoms with Crippen LogP contribution in [0.4, 0.5) is 5.95 Å². The fourth-order valence-electron chi connectivity index (χ4n) is 2.23. The molecule has 0 bridgehead atoms. The normalized spacial score (nSPS) is 19.6. The predicted octanol–water partition coefficient (Wildman–Crippen LogP) is 1.12. The van der Waals surface area contributed by atoms with Crippen LogP contribution in [0.3, 0.4) is 0 Å². The van der Waals surface area contributed by atoms with Gasteiger partial charge >= 0.3 is 0 Å². The van der Waals surface area contributed by atoms with Crippen molar-refractivity contribution in [1.29, 1.82) is 0 Å². The van der Waals surface area contributed by atoms with E-state index in [2.05, 4.69) is 21.5 Å². The lowest BCUT2D eigenvalue weighted by Gasteiger charge is -2.29. The van der Waals surface area contributed by atoms with Gasteiger partial charge in [0, 0.05) is 12.7 Å². The molecule has 0 radical (unpaired) electrons. The minimum atomic E-state index is 0.659. The Hall–Kier alpha value is -1.03. The van der Waals surface area contributed by atoms with Crippen molar-refractivity contribution in [2.45, 2.75) is 26.3 Å². The van der Waals surface area contributed by atoms with Gasteiger partial charge in [-0.2, -0.15) is 0 Å². The third-order valence-electron chi connectivity index (χ3n) is 3.22. The van der Waals surface area contributed by atoms with Crippen LogP contribution in [-0.4, -0.2) is 34.6 Å². The Kier molecular flexibility index (Phi) is 2.95. The van der Waals surface area contributed by atoms with E-state index in [4.69, 9.17) is 5.73 Å². The van der Waals surface area contributed by atoms with Crippen molar-refractivity contribution in [3.63, 3.8) is 0 Å². The summed E-state index contributed by atoms with van der Waals surface area (Å²) in [6, 6.07) is 0. The van der Waals surface area contributed by atoms with Crippen LogP contribution in [0.25, 0.3) is 0 Å². The average molecular weight is 208 g/mol. The molecule has 1 aromatic rings. The maximum absolute atomic E-state index is 5.83. The molecule has 15 heavy (non-hydrogen) atoms. The second-order valence-corrected chi connectivity index (χ2v) is 4.64. The molecule has 4 nitrogen and oxygen atoms in total. The van der Waals surface area contributed by atoms with Gasteiger partial charge in [-0.25, -0.2) is 4.98 Å². The summed E-state index contributed by atoms with van der Waals surface area (Å²) >= 11 is 0. The molecule has 2 heterocycles. The molecule has 4 heteroatoms. The van der Waals surface area contributed by atoms with Gasteiger partial charge in [0.05, 0.1) is 5.69 Å². The highest BCUT2D eigenvalue weighted by atomic mass is 15.1. The summed E-state index contributed by atoms with van der Waals surface area (Å²) in [7, 11) is 2.19. The van der Waals surface area contributed by atoms with E-state index in [-0.39, 0.29) is 0 Å². The molecule has 84 valence electrons. The molecule has 0 aromatic carbocycles. The van der Waals surface area contributed by atoms with E-state index in [9.17, 15) is 0 Å². The van der Waals surface area contributed by atoms with E-state index in [1.165, 1.54) is 25.9 Å². The monoisotopic (exact) mass is 208 g/mol. The lowest BCUT2D eigenvalue weighted by molar-refractivity contribution is 0.205. The average Bonchev–Trinajstić information content (AvgIpc) is 2.49. The van der Waals surface area contributed by atoms with Crippen molar-refractivity contribution in [2.75, 3.05) is 25.9 Å². The van der Waals surface area contributed by atoms with Gasteiger partial charge in [-0.1, -0.05) is 0 Å². The Labute approximate surface area is 91.1 Å².